The van der Waals surface area contributed by atoms with Crippen molar-refractivity contribution in [1.29, 1.82) is 0 Å². The minimum Gasteiger partial charge on any atom is -0.468 e. The van der Waals surface area contributed by atoms with Gasteiger partial charge in [-0.05, 0) is 38.6 Å². The Hall–Kier alpha value is -0.900. The minimum atomic E-state index is -1.05. The topological polar surface area (TPSA) is 46.6 Å². The summed E-state index contributed by atoms with van der Waals surface area (Å²) in [7, 11) is 1.32. The first-order valence-electron chi connectivity index (χ1n) is 6.53. The molecule has 1 aliphatic heterocycles. The van der Waals surface area contributed by atoms with E-state index in [-0.39, 0.29) is 11.2 Å². The Kier molecular flexibility index (Phi) is 4.54. The molecule has 0 amide bonds. The third kappa shape index (κ3) is 3.55. The third-order valence-corrected chi connectivity index (χ3v) is 3.74. The zero-order valence-corrected chi connectivity index (χ0v) is 12.2. The van der Waals surface area contributed by atoms with Gasteiger partial charge in [0, 0.05) is 6.54 Å². The van der Waals surface area contributed by atoms with Crippen molar-refractivity contribution in [2.24, 2.45) is 10.8 Å². The van der Waals surface area contributed by atoms with Crippen molar-refractivity contribution < 1.29 is 14.3 Å². The number of hydrogen-bond donors (Lipinski definition) is 0. The number of ketones is 1. The first-order chi connectivity index (χ1) is 8.19. The van der Waals surface area contributed by atoms with Gasteiger partial charge in [0.25, 0.3) is 0 Å². The van der Waals surface area contributed by atoms with E-state index in [2.05, 4.69) is 23.5 Å². The Morgan fingerprint density at radius 2 is 1.94 bits per heavy atom. The van der Waals surface area contributed by atoms with Crippen molar-refractivity contribution in [3.8, 4) is 0 Å². The highest BCUT2D eigenvalue weighted by molar-refractivity contribution is 6.03. The molecule has 0 aromatic rings. The number of ether oxygens (including phenoxy) is 1. The SMILES string of the molecule is COC(=O)C(C)(C)C(=O)CN1CCCC(C)(C)C1. The number of hydrogen-bond acceptors (Lipinski definition) is 4. The zero-order valence-electron chi connectivity index (χ0n) is 12.2. The van der Waals surface area contributed by atoms with Crippen LogP contribution in [0.5, 0.6) is 0 Å². The molecular weight excluding hydrogens is 230 g/mol. The number of Topliss-reactive ketones (excluding diaryl/α,β-unsaturated/α-hetero) is 1. The van der Waals surface area contributed by atoms with E-state index < -0.39 is 11.4 Å². The quantitative estimate of drug-likeness (QED) is 0.568. The molecule has 1 aliphatic rings. The number of carbonyl (C=O) groups is 2. The molecule has 0 saturated carbocycles. The van der Waals surface area contributed by atoms with E-state index in [4.69, 9.17) is 0 Å². The molecule has 0 spiro atoms. The van der Waals surface area contributed by atoms with Crippen LogP contribution in [0.15, 0.2) is 0 Å². The summed E-state index contributed by atoms with van der Waals surface area (Å²) in [5.41, 5.74) is -0.787. The molecule has 1 saturated heterocycles. The summed E-state index contributed by atoms with van der Waals surface area (Å²) in [6.45, 7) is 9.89. The fourth-order valence-corrected chi connectivity index (χ4v) is 2.45. The average molecular weight is 255 g/mol. The number of likely N-dealkylation sites (tertiary alicyclic amines) is 1. The van der Waals surface area contributed by atoms with Crippen LogP contribution in [0.25, 0.3) is 0 Å². The molecule has 4 heteroatoms. The molecule has 0 unspecified atom stereocenters. The van der Waals surface area contributed by atoms with Gasteiger partial charge in [-0.25, -0.2) is 0 Å². The summed E-state index contributed by atoms with van der Waals surface area (Å²) >= 11 is 0. The highest BCUT2D eigenvalue weighted by Gasteiger charge is 2.38. The van der Waals surface area contributed by atoms with Crippen LogP contribution < -0.4 is 0 Å². The third-order valence-electron chi connectivity index (χ3n) is 3.74. The van der Waals surface area contributed by atoms with Gasteiger partial charge in [-0.15, -0.1) is 0 Å². The highest BCUT2D eigenvalue weighted by Crippen LogP contribution is 2.29. The van der Waals surface area contributed by atoms with Crippen LogP contribution in [0.2, 0.25) is 0 Å². The normalized spacial score (nSPS) is 20.5. The van der Waals surface area contributed by atoms with Gasteiger partial charge < -0.3 is 4.74 Å². The van der Waals surface area contributed by atoms with E-state index in [1.165, 1.54) is 13.5 Å². The van der Waals surface area contributed by atoms with E-state index in [0.717, 1.165) is 19.5 Å². The summed E-state index contributed by atoms with van der Waals surface area (Å²) in [4.78, 5) is 25.9. The number of nitrogens with zero attached hydrogens (tertiary/aromatic N) is 1. The van der Waals surface area contributed by atoms with Crippen LogP contribution in [-0.2, 0) is 14.3 Å². The maximum absolute atomic E-state index is 12.2. The van der Waals surface area contributed by atoms with Crippen LogP contribution in [-0.4, -0.2) is 43.4 Å². The standard InChI is InChI=1S/C14H25NO3/c1-13(2)7-6-8-15(10-13)9-11(16)14(3,4)12(17)18-5/h6-10H2,1-5H3. The molecule has 0 aromatic heterocycles. The molecular formula is C14H25NO3. The van der Waals surface area contributed by atoms with Crippen molar-refractivity contribution in [2.75, 3.05) is 26.7 Å². The average Bonchev–Trinajstić information content (AvgIpc) is 2.26. The second kappa shape index (κ2) is 5.39. The second-order valence-corrected chi connectivity index (χ2v) is 6.52. The number of piperidine rings is 1. The van der Waals surface area contributed by atoms with E-state index in [1.54, 1.807) is 13.8 Å². The van der Waals surface area contributed by atoms with E-state index >= 15 is 0 Å². The van der Waals surface area contributed by atoms with Gasteiger partial charge in [-0.2, -0.15) is 0 Å². The van der Waals surface area contributed by atoms with Gasteiger partial charge in [0.15, 0.2) is 5.78 Å². The van der Waals surface area contributed by atoms with Gasteiger partial charge in [-0.3, -0.25) is 14.5 Å². The summed E-state index contributed by atoms with van der Waals surface area (Å²) in [5, 5.41) is 0. The largest absolute Gasteiger partial charge is 0.468 e. The lowest BCUT2D eigenvalue weighted by molar-refractivity contribution is -0.156. The molecule has 1 fully saturated rings. The molecule has 0 radical (unpaired) electrons. The fraction of sp³-hybridized carbons (Fsp3) is 0.857. The number of rotatable bonds is 4. The summed E-state index contributed by atoms with van der Waals surface area (Å²) in [5.74, 6) is -0.518. The van der Waals surface area contributed by atoms with Gasteiger partial charge in [0.05, 0.1) is 13.7 Å². The second-order valence-electron chi connectivity index (χ2n) is 6.52. The van der Waals surface area contributed by atoms with E-state index in [9.17, 15) is 9.59 Å². The maximum Gasteiger partial charge on any atom is 0.318 e. The van der Waals surface area contributed by atoms with Gasteiger partial charge in [-0.1, -0.05) is 13.8 Å². The summed E-state index contributed by atoms with van der Waals surface area (Å²) < 4.78 is 4.69. The zero-order chi connectivity index (χ0) is 14.0. The van der Waals surface area contributed by atoms with Gasteiger partial charge >= 0.3 is 5.97 Å². The lowest BCUT2D eigenvalue weighted by atomic mass is 9.83. The van der Waals surface area contributed by atoms with Crippen molar-refractivity contribution in [3.63, 3.8) is 0 Å². The van der Waals surface area contributed by atoms with E-state index in [1.807, 2.05) is 0 Å². The van der Waals surface area contributed by atoms with Crippen molar-refractivity contribution >= 4 is 11.8 Å². The van der Waals surface area contributed by atoms with Crippen LogP contribution in [0.3, 0.4) is 0 Å². The first kappa shape index (κ1) is 15.2. The molecule has 0 atom stereocenters. The van der Waals surface area contributed by atoms with Crippen LogP contribution in [0.1, 0.15) is 40.5 Å². The van der Waals surface area contributed by atoms with Gasteiger partial charge in [0.2, 0.25) is 0 Å². The Morgan fingerprint density at radius 3 is 2.44 bits per heavy atom. The van der Waals surface area contributed by atoms with E-state index in [0.29, 0.717) is 6.54 Å². The van der Waals surface area contributed by atoms with Crippen LogP contribution in [0, 0.1) is 10.8 Å². The molecule has 0 bridgehead atoms. The summed E-state index contributed by atoms with van der Waals surface area (Å²) in [6, 6.07) is 0. The molecule has 1 heterocycles. The minimum absolute atomic E-state index is 0.0629. The predicted molar refractivity (Wildman–Crippen MR) is 70.3 cm³/mol. The number of esters is 1. The Bertz CT molecular complexity index is 334. The number of methoxy groups -OCH3 is 1. The Morgan fingerprint density at radius 1 is 1.33 bits per heavy atom. The Balaban J connectivity index is 2.62. The smallest absolute Gasteiger partial charge is 0.318 e. The monoisotopic (exact) mass is 255 g/mol. The van der Waals surface area contributed by atoms with Crippen LogP contribution >= 0.6 is 0 Å². The van der Waals surface area contributed by atoms with Crippen molar-refractivity contribution in [2.45, 2.75) is 40.5 Å². The van der Waals surface area contributed by atoms with Crippen LogP contribution in [0.4, 0.5) is 0 Å². The number of carbonyl (C=O) groups excluding carboxylic acids is 2. The Labute approximate surface area is 110 Å². The highest BCUT2D eigenvalue weighted by atomic mass is 16.5. The fourth-order valence-electron chi connectivity index (χ4n) is 2.45. The first-order valence-corrected chi connectivity index (χ1v) is 6.53. The van der Waals surface area contributed by atoms with Crippen molar-refractivity contribution in [1.82, 2.24) is 4.90 Å². The molecule has 0 N–H and O–H groups in total. The van der Waals surface area contributed by atoms with Crippen molar-refractivity contribution in [3.05, 3.63) is 0 Å². The molecule has 0 aliphatic carbocycles. The molecule has 18 heavy (non-hydrogen) atoms. The lowest BCUT2D eigenvalue weighted by Crippen LogP contribution is -2.47. The van der Waals surface area contributed by atoms with Gasteiger partial charge in [0.1, 0.15) is 5.41 Å². The molecule has 0 aromatic carbocycles. The predicted octanol–water partition coefficient (Wildman–Crippen LogP) is 1.88. The lowest BCUT2D eigenvalue weighted by Gasteiger charge is -2.38. The molecule has 1 rings (SSSR count). The maximum atomic E-state index is 12.2. The summed E-state index contributed by atoms with van der Waals surface area (Å²) in [6.07, 6.45) is 2.30. The molecule has 104 valence electrons. The molecule has 4 nitrogen and oxygen atoms in total.